The van der Waals surface area contributed by atoms with Crippen molar-refractivity contribution in [2.45, 2.75) is 39.2 Å². The predicted molar refractivity (Wildman–Crippen MR) is 74.3 cm³/mol. The van der Waals surface area contributed by atoms with Crippen molar-refractivity contribution in [3.8, 4) is 0 Å². The lowest BCUT2D eigenvalue weighted by Gasteiger charge is -2.38. The van der Waals surface area contributed by atoms with E-state index >= 15 is 0 Å². The van der Waals surface area contributed by atoms with E-state index in [1.807, 2.05) is 0 Å². The number of aliphatic hydroxyl groups is 2. The van der Waals surface area contributed by atoms with Gasteiger partial charge in [0.2, 0.25) is 0 Å². The monoisotopic (exact) mass is 258 g/mol. The number of nitrogens with zero attached hydrogens (tertiary/aromatic N) is 1. The molecule has 0 aromatic heterocycles. The van der Waals surface area contributed by atoms with Crippen LogP contribution >= 0.6 is 0 Å². The first-order valence-corrected chi connectivity index (χ1v) is 7.28. The van der Waals surface area contributed by atoms with Crippen LogP contribution < -0.4 is 5.73 Å². The molecule has 0 saturated heterocycles. The Hall–Kier alpha value is -0.160. The second-order valence-electron chi connectivity index (χ2n) is 5.99. The van der Waals surface area contributed by atoms with Crippen LogP contribution in [0.3, 0.4) is 0 Å². The van der Waals surface area contributed by atoms with E-state index < -0.39 is 0 Å². The molecule has 0 aromatic rings. The fraction of sp³-hybridized carbons (Fsp3) is 1.00. The highest BCUT2D eigenvalue weighted by Crippen LogP contribution is 2.33. The molecule has 3 unspecified atom stereocenters. The van der Waals surface area contributed by atoms with Crippen LogP contribution in [0.25, 0.3) is 0 Å². The molecule has 0 aromatic carbocycles. The fourth-order valence-corrected chi connectivity index (χ4v) is 3.05. The summed E-state index contributed by atoms with van der Waals surface area (Å²) in [5, 5.41) is 18.1. The molecule has 3 atom stereocenters. The van der Waals surface area contributed by atoms with Crippen LogP contribution in [0.4, 0.5) is 0 Å². The topological polar surface area (TPSA) is 69.7 Å². The Labute approximate surface area is 111 Å². The lowest BCUT2D eigenvalue weighted by Crippen LogP contribution is -2.45. The van der Waals surface area contributed by atoms with E-state index in [9.17, 15) is 0 Å². The summed E-state index contributed by atoms with van der Waals surface area (Å²) in [4.78, 5) is 2.13. The van der Waals surface area contributed by atoms with E-state index in [0.717, 1.165) is 24.8 Å². The summed E-state index contributed by atoms with van der Waals surface area (Å²) in [6, 6.07) is 0.278. The number of hydrogen-bond donors (Lipinski definition) is 3. The highest BCUT2D eigenvalue weighted by molar-refractivity contribution is 4.85. The molecule has 4 N–H and O–H groups in total. The van der Waals surface area contributed by atoms with Crippen molar-refractivity contribution in [3.63, 3.8) is 0 Å². The number of aliphatic hydroxyl groups excluding tert-OH is 2. The van der Waals surface area contributed by atoms with Gasteiger partial charge in [-0.3, -0.25) is 4.90 Å². The number of rotatable bonds is 7. The van der Waals surface area contributed by atoms with E-state index in [1.54, 1.807) is 0 Å². The second kappa shape index (κ2) is 8.10. The van der Waals surface area contributed by atoms with Gasteiger partial charge in [0.1, 0.15) is 0 Å². The predicted octanol–water partition coefficient (Wildman–Crippen LogP) is 0.673. The first kappa shape index (κ1) is 15.9. The van der Waals surface area contributed by atoms with Crippen LogP contribution in [-0.2, 0) is 0 Å². The zero-order chi connectivity index (χ0) is 13.5. The summed E-state index contributed by atoms with van der Waals surface area (Å²) in [5.41, 5.74) is 6.23. The highest BCUT2D eigenvalue weighted by atomic mass is 16.3. The Morgan fingerprint density at radius 1 is 1.17 bits per heavy atom. The summed E-state index contributed by atoms with van der Waals surface area (Å²) in [6.45, 7) is 7.05. The van der Waals surface area contributed by atoms with Crippen LogP contribution in [0.15, 0.2) is 0 Å². The van der Waals surface area contributed by atoms with Gasteiger partial charge in [0.15, 0.2) is 0 Å². The summed E-state index contributed by atoms with van der Waals surface area (Å²) in [5.74, 6) is 2.01. The minimum atomic E-state index is 0.148. The molecule has 1 saturated carbocycles. The molecule has 1 fully saturated rings. The van der Waals surface area contributed by atoms with Gasteiger partial charge in [0.05, 0.1) is 13.2 Å². The summed E-state index contributed by atoms with van der Waals surface area (Å²) >= 11 is 0. The molecule has 108 valence electrons. The third-order valence-electron chi connectivity index (χ3n) is 4.35. The van der Waals surface area contributed by atoms with Crippen LogP contribution in [0, 0.1) is 17.8 Å². The molecule has 0 aliphatic heterocycles. The zero-order valence-corrected chi connectivity index (χ0v) is 11.9. The first-order valence-electron chi connectivity index (χ1n) is 7.28. The zero-order valence-electron chi connectivity index (χ0n) is 11.9. The second-order valence-corrected chi connectivity index (χ2v) is 5.99. The molecule has 1 aliphatic rings. The Balaban J connectivity index is 2.50. The summed E-state index contributed by atoms with van der Waals surface area (Å²) in [6.07, 6.45) is 3.54. The molecular formula is C14H30N2O2. The Morgan fingerprint density at radius 2 is 1.78 bits per heavy atom. The van der Waals surface area contributed by atoms with E-state index in [4.69, 9.17) is 15.9 Å². The maximum Gasteiger partial charge on any atom is 0.0558 e. The van der Waals surface area contributed by atoms with Gasteiger partial charge < -0.3 is 15.9 Å². The average Bonchev–Trinajstić information content (AvgIpc) is 2.32. The minimum absolute atomic E-state index is 0.148. The molecule has 4 nitrogen and oxygen atoms in total. The van der Waals surface area contributed by atoms with Crippen molar-refractivity contribution in [3.05, 3.63) is 0 Å². The van der Waals surface area contributed by atoms with Crippen molar-refractivity contribution < 1.29 is 10.2 Å². The van der Waals surface area contributed by atoms with E-state index in [1.165, 1.54) is 12.8 Å². The average molecular weight is 258 g/mol. The lowest BCUT2D eigenvalue weighted by molar-refractivity contribution is 0.106. The van der Waals surface area contributed by atoms with Gasteiger partial charge >= 0.3 is 0 Å². The summed E-state index contributed by atoms with van der Waals surface area (Å²) < 4.78 is 0. The maximum atomic E-state index is 9.04. The molecular weight excluding hydrogens is 228 g/mol. The normalized spacial score (nSPS) is 29.2. The third-order valence-corrected chi connectivity index (χ3v) is 4.35. The molecule has 0 radical (unpaired) electrons. The van der Waals surface area contributed by atoms with Crippen molar-refractivity contribution >= 4 is 0 Å². The number of nitrogens with two attached hydrogens (primary N) is 1. The quantitative estimate of drug-likeness (QED) is 0.628. The highest BCUT2D eigenvalue weighted by Gasteiger charge is 2.30. The smallest absolute Gasteiger partial charge is 0.0558 e. The molecule has 4 heteroatoms. The van der Waals surface area contributed by atoms with Gasteiger partial charge in [-0.15, -0.1) is 0 Å². The third kappa shape index (κ3) is 4.84. The number of hydrogen-bond acceptors (Lipinski definition) is 4. The minimum Gasteiger partial charge on any atom is -0.395 e. The molecule has 18 heavy (non-hydrogen) atoms. The van der Waals surface area contributed by atoms with Gasteiger partial charge in [-0.2, -0.15) is 0 Å². The molecule has 0 amide bonds. The van der Waals surface area contributed by atoms with Crippen LogP contribution in [-0.4, -0.2) is 54.0 Å². The van der Waals surface area contributed by atoms with Gasteiger partial charge in [-0.05, 0) is 37.0 Å². The van der Waals surface area contributed by atoms with Gasteiger partial charge in [-0.25, -0.2) is 0 Å². The van der Waals surface area contributed by atoms with E-state index in [0.29, 0.717) is 19.0 Å². The first-order chi connectivity index (χ1) is 8.58. The van der Waals surface area contributed by atoms with E-state index in [-0.39, 0.29) is 19.3 Å². The summed E-state index contributed by atoms with van der Waals surface area (Å²) in [7, 11) is 0. The Morgan fingerprint density at radius 3 is 2.28 bits per heavy atom. The maximum absolute atomic E-state index is 9.04. The Bertz CT molecular complexity index is 218. The standard InChI is InChI=1S/C14H30N2O2/c1-11(2)12-3-4-14(15)13(9-12)10-16(5-7-17)6-8-18/h11-14,17-18H,3-10,15H2,1-2H3. The molecule has 0 bridgehead atoms. The molecule has 1 aliphatic carbocycles. The van der Waals surface area contributed by atoms with Crippen LogP contribution in [0.5, 0.6) is 0 Å². The molecule has 1 rings (SSSR count). The van der Waals surface area contributed by atoms with Crippen molar-refractivity contribution in [1.82, 2.24) is 4.90 Å². The van der Waals surface area contributed by atoms with Gasteiger partial charge in [0.25, 0.3) is 0 Å². The van der Waals surface area contributed by atoms with Crippen molar-refractivity contribution in [2.24, 2.45) is 23.5 Å². The fourth-order valence-electron chi connectivity index (χ4n) is 3.05. The van der Waals surface area contributed by atoms with Crippen LogP contribution in [0.1, 0.15) is 33.1 Å². The van der Waals surface area contributed by atoms with Crippen molar-refractivity contribution in [2.75, 3.05) is 32.8 Å². The van der Waals surface area contributed by atoms with Gasteiger partial charge in [-0.1, -0.05) is 13.8 Å². The Kier molecular flexibility index (Phi) is 7.15. The van der Waals surface area contributed by atoms with E-state index in [2.05, 4.69) is 18.7 Å². The SMILES string of the molecule is CC(C)C1CCC(N)C(CN(CCO)CCO)C1. The van der Waals surface area contributed by atoms with Crippen molar-refractivity contribution in [1.29, 1.82) is 0 Å². The van der Waals surface area contributed by atoms with Crippen LogP contribution in [0.2, 0.25) is 0 Å². The van der Waals surface area contributed by atoms with Gasteiger partial charge in [0, 0.05) is 25.7 Å². The largest absolute Gasteiger partial charge is 0.395 e. The lowest BCUT2D eigenvalue weighted by atomic mass is 9.73. The molecule has 0 heterocycles. The molecule has 0 spiro atoms.